The Bertz CT molecular complexity index is 606. The number of hydrogen-bond donors (Lipinski definition) is 1. The molecule has 0 radical (unpaired) electrons. The number of amides is 1. The molecule has 0 spiro atoms. The molecule has 0 bridgehead atoms. The molecule has 2 rings (SSSR count). The van der Waals surface area contributed by atoms with Crippen LogP contribution in [0.25, 0.3) is 0 Å². The van der Waals surface area contributed by atoms with Crippen LogP contribution in [0.5, 0.6) is 5.75 Å². The van der Waals surface area contributed by atoms with Crippen molar-refractivity contribution in [1.82, 2.24) is 5.32 Å². The summed E-state index contributed by atoms with van der Waals surface area (Å²) in [7, 11) is 1.57. The summed E-state index contributed by atoms with van der Waals surface area (Å²) in [5.41, 5.74) is 1.83. The number of hydrogen-bond acceptors (Lipinski definition) is 3. The van der Waals surface area contributed by atoms with Crippen LogP contribution in [-0.4, -0.2) is 24.3 Å². The molecule has 1 heterocycles. The van der Waals surface area contributed by atoms with Crippen molar-refractivity contribution in [3.8, 4) is 5.75 Å². The van der Waals surface area contributed by atoms with E-state index in [1.807, 2.05) is 39.8 Å². The zero-order chi connectivity index (χ0) is 15.9. The van der Waals surface area contributed by atoms with Gasteiger partial charge in [-0.2, -0.15) is 0 Å². The third kappa shape index (κ3) is 2.33. The fraction of sp³-hybridized carbons (Fsp3) is 0.529. The minimum Gasteiger partial charge on any atom is -0.496 e. The maximum absolute atomic E-state index is 12.8. The normalized spacial score (nSPS) is 25.4. The van der Waals surface area contributed by atoms with Crippen LogP contribution in [-0.2, 0) is 9.59 Å². The van der Waals surface area contributed by atoms with Gasteiger partial charge in [0.05, 0.1) is 12.6 Å². The van der Waals surface area contributed by atoms with Gasteiger partial charge in [-0.3, -0.25) is 9.59 Å². The maximum atomic E-state index is 12.8. The number of ketones is 1. The molecule has 1 saturated heterocycles. The molecule has 1 N–H and O–H groups in total. The second kappa shape index (κ2) is 5.17. The molecule has 1 aliphatic rings. The van der Waals surface area contributed by atoms with Crippen LogP contribution < -0.4 is 10.1 Å². The summed E-state index contributed by atoms with van der Waals surface area (Å²) < 4.78 is 5.41. The first-order chi connectivity index (χ1) is 9.72. The molecular formula is C17H23NO3. The number of carbonyl (C=O) groups excluding carboxylic acids is 2. The van der Waals surface area contributed by atoms with E-state index in [1.54, 1.807) is 14.0 Å². The SMILES string of the molecule is COc1cc(C)cc(C)c1C1C(=O)NC(C)(C(C)C)C1=O. The van der Waals surface area contributed by atoms with E-state index in [4.69, 9.17) is 4.74 Å². The average molecular weight is 289 g/mol. The molecule has 2 atom stereocenters. The average Bonchev–Trinajstić information content (AvgIpc) is 2.61. The van der Waals surface area contributed by atoms with Crippen LogP contribution in [0.15, 0.2) is 12.1 Å². The molecule has 0 saturated carbocycles. The summed E-state index contributed by atoms with van der Waals surface area (Å²) in [5.74, 6) is -0.452. The fourth-order valence-corrected chi connectivity index (χ4v) is 2.98. The van der Waals surface area contributed by atoms with E-state index in [-0.39, 0.29) is 17.6 Å². The van der Waals surface area contributed by atoms with E-state index in [9.17, 15) is 9.59 Å². The highest BCUT2D eigenvalue weighted by Crippen LogP contribution is 2.39. The standard InChI is InChI=1S/C17H23NO3/c1-9(2)17(5)15(19)14(16(20)18-17)13-11(4)7-10(3)8-12(13)21-6/h7-9,14H,1-6H3,(H,18,20). The second-order valence-corrected chi connectivity index (χ2v) is 6.34. The van der Waals surface area contributed by atoms with E-state index in [0.717, 1.165) is 11.1 Å². The quantitative estimate of drug-likeness (QED) is 0.870. The van der Waals surface area contributed by atoms with Crippen molar-refractivity contribution < 1.29 is 14.3 Å². The van der Waals surface area contributed by atoms with Crippen LogP contribution >= 0.6 is 0 Å². The van der Waals surface area contributed by atoms with Gasteiger partial charge >= 0.3 is 0 Å². The second-order valence-electron chi connectivity index (χ2n) is 6.34. The lowest BCUT2D eigenvalue weighted by Crippen LogP contribution is -2.48. The van der Waals surface area contributed by atoms with Gasteiger partial charge in [0.2, 0.25) is 5.91 Å². The Kier molecular flexibility index (Phi) is 3.83. The number of methoxy groups -OCH3 is 1. The largest absolute Gasteiger partial charge is 0.496 e. The van der Waals surface area contributed by atoms with Gasteiger partial charge in [0.1, 0.15) is 11.7 Å². The van der Waals surface area contributed by atoms with Gasteiger partial charge in [-0.05, 0) is 43.9 Å². The Morgan fingerprint density at radius 2 is 1.86 bits per heavy atom. The molecule has 21 heavy (non-hydrogen) atoms. The van der Waals surface area contributed by atoms with Gasteiger partial charge in [0, 0.05) is 5.56 Å². The molecular weight excluding hydrogens is 266 g/mol. The van der Waals surface area contributed by atoms with Crippen molar-refractivity contribution in [2.75, 3.05) is 7.11 Å². The van der Waals surface area contributed by atoms with Crippen molar-refractivity contribution in [3.05, 3.63) is 28.8 Å². The summed E-state index contributed by atoms with van der Waals surface area (Å²) in [6.45, 7) is 9.57. The predicted molar refractivity (Wildman–Crippen MR) is 81.6 cm³/mol. The van der Waals surface area contributed by atoms with Crippen LogP contribution in [0.2, 0.25) is 0 Å². The Balaban J connectivity index is 2.58. The Morgan fingerprint density at radius 1 is 1.24 bits per heavy atom. The molecule has 1 amide bonds. The Morgan fingerprint density at radius 3 is 2.33 bits per heavy atom. The van der Waals surface area contributed by atoms with Gasteiger partial charge in [-0.25, -0.2) is 0 Å². The summed E-state index contributed by atoms with van der Waals surface area (Å²) in [6.07, 6.45) is 0. The molecule has 0 aromatic heterocycles. The number of benzene rings is 1. The first-order valence-electron chi connectivity index (χ1n) is 7.23. The Hall–Kier alpha value is -1.84. The summed E-state index contributed by atoms with van der Waals surface area (Å²) in [4.78, 5) is 25.3. The molecule has 1 fully saturated rings. The molecule has 114 valence electrons. The summed E-state index contributed by atoms with van der Waals surface area (Å²) in [5, 5.41) is 2.88. The maximum Gasteiger partial charge on any atom is 0.236 e. The molecule has 1 aromatic carbocycles. The van der Waals surface area contributed by atoms with Gasteiger partial charge in [-0.15, -0.1) is 0 Å². The molecule has 2 unspecified atom stereocenters. The lowest BCUT2D eigenvalue weighted by atomic mass is 9.80. The number of nitrogens with one attached hydrogen (secondary N) is 1. The molecule has 1 aromatic rings. The number of carbonyl (C=O) groups is 2. The minimum absolute atomic E-state index is 0.0377. The van der Waals surface area contributed by atoms with Crippen molar-refractivity contribution in [1.29, 1.82) is 0 Å². The minimum atomic E-state index is -0.815. The highest BCUT2D eigenvalue weighted by atomic mass is 16.5. The number of Topliss-reactive ketones (excluding diaryl/α,β-unsaturated/α-hetero) is 1. The molecule has 4 heteroatoms. The zero-order valence-corrected chi connectivity index (χ0v) is 13.5. The van der Waals surface area contributed by atoms with Crippen molar-refractivity contribution in [2.45, 2.75) is 46.1 Å². The van der Waals surface area contributed by atoms with Gasteiger partial charge in [-0.1, -0.05) is 19.9 Å². The highest BCUT2D eigenvalue weighted by Gasteiger charge is 2.52. The van der Waals surface area contributed by atoms with Crippen molar-refractivity contribution in [3.63, 3.8) is 0 Å². The van der Waals surface area contributed by atoms with Crippen LogP contribution in [0.3, 0.4) is 0 Å². The topological polar surface area (TPSA) is 55.4 Å². The molecule has 0 aliphatic carbocycles. The van der Waals surface area contributed by atoms with Gasteiger partial charge in [0.25, 0.3) is 0 Å². The number of ether oxygens (including phenoxy) is 1. The lowest BCUT2D eigenvalue weighted by molar-refractivity contribution is -0.125. The third-order valence-electron chi connectivity index (χ3n) is 4.58. The van der Waals surface area contributed by atoms with Gasteiger partial charge in [0.15, 0.2) is 5.78 Å². The van der Waals surface area contributed by atoms with E-state index in [1.165, 1.54) is 0 Å². The highest BCUT2D eigenvalue weighted by molar-refractivity contribution is 6.17. The summed E-state index contributed by atoms with van der Waals surface area (Å²) >= 11 is 0. The fourth-order valence-electron chi connectivity index (χ4n) is 2.98. The molecule has 4 nitrogen and oxygen atoms in total. The first kappa shape index (κ1) is 15.5. The van der Waals surface area contributed by atoms with Crippen LogP contribution in [0.1, 0.15) is 43.4 Å². The van der Waals surface area contributed by atoms with E-state index in [2.05, 4.69) is 5.32 Å². The molecule has 1 aliphatic heterocycles. The number of rotatable bonds is 3. The van der Waals surface area contributed by atoms with Crippen molar-refractivity contribution >= 4 is 11.7 Å². The van der Waals surface area contributed by atoms with Crippen LogP contribution in [0, 0.1) is 19.8 Å². The van der Waals surface area contributed by atoms with E-state index < -0.39 is 11.5 Å². The third-order valence-corrected chi connectivity index (χ3v) is 4.58. The number of aryl methyl sites for hydroxylation is 2. The first-order valence-corrected chi connectivity index (χ1v) is 7.23. The van der Waals surface area contributed by atoms with Gasteiger partial charge < -0.3 is 10.1 Å². The van der Waals surface area contributed by atoms with Crippen molar-refractivity contribution in [2.24, 2.45) is 5.92 Å². The van der Waals surface area contributed by atoms with E-state index in [0.29, 0.717) is 11.3 Å². The Labute approximate surface area is 125 Å². The van der Waals surface area contributed by atoms with Crippen LogP contribution in [0.4, 0.5) is 0 Å². The van der Waals surface area contributed by atoms with E-state index >= 15 is 0 Å². The smallest absolute Gasteiger partial charge is 0.236 e. The monoisotopic (exact) mass is 289 g/mol. The lowest BCUT2D eigenvalue weighted by Gasteiger charge is -2.27. The zero-order valence-electron chi connectivity index (χ0n) is 13.5. The summed E-state index contributed by atoms with van der Waals surface area (Å²) in [6, 6.07) is 3.84. The predicted octanol–water partition coefficient (Wildman–Crippen LogP) is 2.51.